The third-order valence-electron chi connectivity index (χ3n) is 3.75. The molecule has 0 aliphatic rings. The summed E-state index contributed by atoms with van der Waals surface area (Å²) in [5.41, 5.74) is 4.20. The van der Waals surface area contributed by atoms with E-state index in [9.17, 15) is 19.2 Å². The van der Waals surface area contributed by atoms with Crippen molar-refractivity contribution in [3.63, 3.8) is 0 Å². The molecule has 8 nitrogen and oxygen atoms in total. The maximum atomic E-state index is 10.5. The maximum Gasteiger partial charge on any atom is 0.235 e. The third-order valence-corrected chi connectivity index (χ3v) is 3.75. The van der Waals surface area contributed by atoms with Crippen molar-refractivity contribution >= 4 is 24.3 Å². The lowest BCUT2D eigenvalue weighted by molar-refractivity contribution is 0.561. The number of rotatable bonds is 8. The van der Waals surface area contributed by atoms with Gasteiger partial charge in [-0.25, -0.2) is 39.1 Å². The van der Waals surface area contributed by atoms with Gasteiger partial charge in [-0.05, 0) is 47.2 Å². The second-order valence-electron chi connectivity index (χ2n) is 4.79. The van der Waals surface area contributed by atoms with Crippen LogP contribution in [0.5, 0.6) is 0 Å². The minimum Gasteiger partial charge on any atom is -0.211 e. The molecule has 0 saturated carbocycles. The predicted octanol–water partition coefficient (Wildman–Crippen LogP) is 1.65. The second-order valence-corrected chi connectivity index (χ2v) is 4.79. The Morgan fingerprint density at radius 1 is 0.542 bits per heavy atom. The first-order chi connectivity index (χ1) is 11.6. The highest BCUT2D eigenvalue weighted by Crippen LogP contribution is 2.30. The third kappa shape index (κ3) is 4.37. The molecular formula is C16H14N4O4. The molecule has 24 heavy (non-hydrogen) atoms. The van der Waals surface area contributed by atoms with Gasteiger partial charge in [0.25, 0.3) is 0 Å². The van der Waals surface area contributed by atoms with Crippen molar-refractivity contribution in [3.8, 4) is 0 Å². The number of benzene rings is 1. The first-order valence-corrected chi connectivity index (χ1v) is 6.89. The molecule has 0 amide bonds. The smallest absolute Gasteiger partial charge is 0.211 e. The van der Waals surface area contributed by atoms with Crippen LogP contribution in [-0.2, 0) is 45.4 Å². The highest BCUT2D eigenvalue weighted by Gasteiger charge is 2.19. The van der Waals surface area contributed by atoms with E-state index in [2.05, 4.69) is 20.0 Å². The topological polar surface area (TPSA) is 118 Å². The summed E-state index contributed by atoms with van der Waals surface area (Å²) < 4.78 is 0. The van der Waals surface area contributed by atoms with Crippen LogP contribution >= 0.6 is 0 Å². The monoisotopic (exact) mass is 326 g/mol. The number of hydrogen-bond donors (Lipinski definition) is 0. The Morgan fingerprint density at radius 2 is 0.750 bits per heavy atom. The molecule has 122 valence electrons. The van der Waals surface area contributed by atoms with Crippen LogP contribution in [0.1, 0.15) is 33.4 Å². The fourth-order valence-electron chi connectivity index (χ4n) is 2.57. The lowest BCUT2D eigenvalue weighted by atomic mass is 9.87. The van der Waals surface area contributed by atoms with E-state index in [0.29, 0.717) is 22.3 Å². The standard InChI is InChI=1S/C16H14N4O4/c1-11-13(3-17-7-21)15(5-19-9-23)12(2)16(6-20-10-24)14(11)4-18-8-22/h3-6H2,1-2H3. The minimum absolute atomic E-state index is 0.0505. The van der Waals surface area contributed by atoms with E-state index >= 15 is 0 Å². The van der Waals surface area contributed by atoms with Crippen LogP contribution in [0.4, 0.5) is 0 Å². The van der Waals surface area contributed by atoms with Crippen molar-refractivity contribution < 1.29 is 19.2 Å². The van der Waals surface area contributed by atoms with E-state index in [1.165, 1.54) is 24.3 Å². The lowest BCUT2D eigenvalue weighted by Crippen LogP contribution is -2.09. The van der Waals surface area contributed by atoms with Gasteiger partial charge in [0.2, 0.25) is 24.3 Å². The molecule has 0 heterocycles. The second kappa shape index (κ2) is 9.70. The van der Waals surface area contributed by atoms with Gasteiger partial charge in [0, 0.05) is 0 Å². The quantitative estimate of drug-likeness (QED) is 0.533. The van der Waals surface area contributed by atoms with Gasteiger partial charge in [-0.2, -0.15) is 0 Å². The Kier molecular flexibility index (Phi) is 7.59. The molecule has 0 bridgehead atoms. The fraction of sp³-hybridized carbons (Fsp3) is 0.375. The Morgan fingerprint density at radius 3 is 0.917 bits per heavy atom. The van der Waals surface area contributed by atoms with Crippen LogP contribution in [0.2, 0.25) is 0 Å². The van der Waals surface area contributed by atoms with Gasteiger partial charge in [0.1, 0.15) is 0 Å². The Labute approximate surface area is 137 Å². The zero-order valence-corrected chi connectivity index (χ0v) is 13.3. The van der Waals surface area contributed by atoms with E-state index in [4.69, 9.17) is 0 Å². The normalized spacial score (nSPS) is 9.08. The average Bonchev–Trinajstić information content (AvgIpc) is 2.59. The summed E-state index contributed by atoms with van der Waals surface area (Å²) in [6.45, 7) is 3.74. The molecule has 1 rings (SSSR count). The summed E-state index contributed by atoms with van der Waals surface area (Å²) in [7, 11) is 0. The molecule has 0 aliphatic heterocycles. The molecule has 0 aliphatic carbocycles. The fourth-order valence-corrected chi connectivity index (χ4v) is 2.57. The van der Waals surface area contributed by atoms with E-state index in [0.717, 1.165) is 11.1 Å². The number of nitrogens with zero attached hydrogens (tertiary/aromatic N) is 4. The van der Waals surface area contributed by atoms with Crippen LogP contribution < -0.4 is 0 Å². The van der Waals surface area contributed by atoms with E-state index in [1.54, 1.807) is 13.8 Å². The number of aliphatic imine (C=N–C) groups is 4. The first kappa shape index (κ1) is 18.8. The van der Waals surface area contributed by atoms with Gasteiger partial charge in [-0.1, -0.05) is 0 Å². The van der Waals surface area contributed by atoms with Gasteiger partial charge >= 0.3 is 0 Å². The number of hydrogen-bond acceptors (Lipinski definition) is 8. The molecule has 1 aromatic carbocycles. The summed E-state index contributed by atoms with van der Waals surface area (Å²) >= 11 is 0. The van der Waals surface area contributed by atoms with Crippen molar-refractivity contribution in [3.05, 3.63) is 33.4 Å². The molecule has 0 fully saturated rings. The van der Waals surface area contributed by atoms with E-state index in [-0.39, 0.29) is 26.2 Å². The van der Waals surface area contributed by atoms with Gasteiger partial charge < -0.3 is 0 Å². The average molecular weight is 326 g/mol. The minimum atomic E-state index is 0.0505. The summed E-state index contributed by atoms with van der Waals surface area (Å²) in [6, 6.07) is 0. The molecule has 8 heteroatoms. The van der Waals surface area contributed by atoms with Crippen molar-refractivity contribution in [1.29, 1.82) is 0 Å². The Bertz CT molecular complexity index is 687. The zero-order valence-electron chi connectivity index (χ0n) is 13.3. The first-order valence-electron chi connectivity index (χ1n) is 6.89. The van der Waals surface area contributed by atoms with Crippen molar-refractivity contribution in [2.75, 3.05) is 0 Å². The van der Waals surface area contributed by atoms with Gasteiger partial charge in [0.05, 0.1) is 26.2 Å². The zero-order chi connectivity index (χ0) is 17.9. The summed E-state index contributed by atoms with van der Waals surface area (Å²) in [5, 5.41) is 0. The Hall–Kier alpha value is -3.26. The van der Waals surface area contributed by atoms with Crippen molar-refractivity contribution in [1.82, 2.24) is 0 Å². The van der Waals surface area contributed by atoms with E-state index in [1.807, 2.05) is 0 Å². The molecule has 0 aromatic heterocycles. The molecule has 0 atom stereocenters. The maximum absolute atomic E-state index is 10.5. The summed E-state index contributed by atoms with van der Waals surface area (Å²) in [5.74, 6) is 0. The van der Waals surface area contributed by atoms with Crippen LogP contribution in [0, 0.1) is 13.8 Å². The molecule has 0 spiro atoms. The van der Waals surface area contributed by atoms with Gasteiger partial charge in [-0.15, -0.1) is 0 Å². The summed E-state index contributed by atoms with van der Waals surface area (Å²) in [6.07, 6.45) is 5.88. The number of isocyanates is 4. The van der Waals surface area contributed by atoms with Crippen LogP contribution in [-0.4, -0.2) is 24.3 Å². The number of carbonyl (C=O) groups excluding carboxylic acids is 4. The Balaban J connectivity index is 3.75. The highest BCUT2D eigenvalue weighted by atomic mass is 16.1. The lowest BCUT2D eigenvalue weighted by Gasteiger charge is -2.20. The molecule has 1 aromatic rings. The van der Waals surface area contributed by atoms with Crippen LogP contribution in [0.15, 0.2) is 20.0 Å². The summed E-state index contributed by atoms with van der Waals surface area (Å²) in [4.78, 5) is 56.2. The predicted molar refractivity (Wildman–Crippen MR) is 83.2 cm³/mol. The van der Waals surface area contributed by atoms with Crippen LogP contribution in [0.3, 0.4) is 0 Å². The molecule has 0 N–H and O–H groups in total. The molecular weight excluding hydrogens is 312 g/mol. The SMILES string of the molecule is Cc1c(CN=C=O)c(CN=C=O)c(C)c(CN=C=O)c1CN=C=O. The molecule has 0 radical (unpaired) electrons. The largest absolute Gasteiger partial charge is 0.235 e. The molecule has 0 saturated heterocycles. The van der Waals surface area contributed by atoms with E-state index < -0.39 is 0 Å². The van der Waals surface area contributed by atoms with Gasteiger partial charge in [0.15, 0.2) is 0 Å². The van der Waals surface area contributed by atoms with Crippen molar-refractivity contribution in [2.45, 2.75) is 40.0 Å². The van der Waals surface area contributed by atoms with Gasteiger partial charge in [-0.3, -0.25) is 0 Å². The van der Waals surface area contributed by atoms with Crippen molar-refractivity contribution in [2.24, 2.45) is 20.0 Å². The highest BCUT2D eigenvalue weighted by molar-refractivity contribution is 5.53. The van der Waals surface area contributed by atoms with Crippen LogP contribution in [0.25, 0.3) is 0 Å². The molecule has 0 unspecified atom stereocenters.